The number of amides is 1. The van der Waals surface area contributed by atoms with E-state index in [0.717, 1.165) is 56.0 Å². The van der Waals surface area contributed by atoms with E-state index in [4.69, 9.17) is 15.5 Å². The molecule has 0 bridgehead atoms. The molecule has 1 fully saturated rings. The maximum atomic E-state index is 12.6. The Bertz CT molecular complexity index is 1080. The maximum Gasteiger partial charge on any atom is 0.274 e. The number of morpholine rings is 1. The predicted molar refractivity (Wildman–Crippen MR) is 120 cm³/mol. The van der Waals surface area contributed by atoms with Crippen LogP contribution in [0.3, 0.4) is 0 Å². The van der Waals surface area contributed by atoms with Gasteiger partial charge in [-0.25, -0.2) is 9.97 Å². The molecule has 1 saturated heterocycles. The predicted octanol–water partition coefficient (Wildman–Crippen LogP) is 2.28. The van der Waals surface area contributed by atoms with Crippen LogP contribution < -0.4 is 11.1 Å². The molecule has 31 heavy (non-hydrogen) atoms. The SMILES string of the molecule is Cc1cccc2cc([C@H](C)NC(=O)c3nccnc3N)nc(CCN3CCOCC3)c12. The molecule has 1 aromatic carbocycles. The van der Waals surface area contributed by atoms with Crippen molar-refractivity contribution in [3.05, 3.63) is 59.3 Å². The quantitative estimate of drug-likeness (QED) is 0.630. The molecule has 4 rings (SSSR count). The fourth-order valence-corrected chi connectivity index (χ4v) is 3.96. The molecule has 3 heterocycles. The first-order chi connectivity index (χ1) is 15.0. The largest absolute Gasteiger partial charge is 0.382 e. The molecule has 0 saturated carbocycles. The van der Waals surface area contributed by atoms with E-state index in [0.29, 0.717) is 0 Å². The number of benzene rings is 1. The maximum absolute atomic E-state index is 12.6. The lowest BCUT2D eigenvalue weighted by Gasteiger charge is -2.26. The number of anilines is 1. The van der Waals surface area contributed by atoms with E-state index < -0.39 is 0 Å². The summed E-state index contributed by atoms with van der Waals surface area (Å²) in [6.45, 7) is 8.42. The average Bonchev–Trinajstić information content (AvgIpc) is 2.78. The number of hydrogen-bond donors (Lipinski definition) is 2. The Balaban J connectivity index is 1.59. The highest BCUT2D eigenvalue weighted by Crippen LogP contribution is 2.26. The van der Waals surface area contributed by atoms with Gasteiger partial charge in [0.05, 0.1) is 30.6 Å². The third-order valence-electron chi connectivity index (χ3n) is 5.66. The summed E-state index contributed by atoms with van der Waals surface area (Å²) < 4.78 is 5.46. The summed E-state index contributed by atoms with van der Waals surface area (Å²) in [5, 5.41) is 5.27. The van der Waals surface area contributed by atoms with Crippen molar-refractivity contribution in [3.63, 3.8) is 0 Å². The first kappa shape index (κ1) is 21.1. The number of fused-ring (bicyclic) bond motifs is 1. The Kier molecular flexibility index (Phi) is 6.39. The second kappa shape index (κ2) is 9.36. The van der Waals surface area contributed by atoms with Crippen molar-refractivity contribution in [1.29, 1.82) is 0 Å². The zero-order valence-electron chi connectivity index (χ0n) is 18.0. The van der Waals surface area contributed by atoms with E-state index >= 15 is 0 Å². The summed E-state index contributed by atoms with van der Waals surface area (Å²) in [6, 6.07) is 8.01. The van der Waals surface area contributed by atoms with E-state index in [1.165, 1.54) is 23.3 Å². The minimum absolute atomic E-state index is 0.112. The van der Waals surface area contributed by atoms with Crippen molar-refractivity contribution >= 4 is 22.5 Å². The van der Waals surface area contributed by atoms with Gasteiger partial charge in [-0.15, -0.1) is 0 Å². The number of hydrogen-bond acceptors (Lipinski definition) is 7. The van der Waals surface area contributed by atoms with Gasteiger partial charge in [-0.2, -0.15) is 0 Å². The summed E-state index contributed by atoms with van der Waals surface area (Å²) in [7, 11) is 0. The Morgan fingerprint density at radius 2 is 2.03 bits per heavy atom. The summed E-state index contributed by atoms with van der Waals surface area (Å²) in [4.78, 5) is 28.0. The lowest BCUT2D eigenvalue weighted by molar-refractivity contribution is 0.0384. The molecule has 3 N–H and O–H groups in total. The Labute approximate surface area is 181 Å². The van der Waals surface area contributed by atoms with Crippen LogP contribution in [-0.4, -0.2) is 58.6 Å². The lowest BCUT2D eigenvalue weighted by Crippen LogP contribution is -2.37. The summed E-state index contributed by atoms with van der Waals surface area (Å²) in [6.07, 6.45) is 3.76. The normalized spacial score (nSPS) is 15.7. The van der Waals surface area contributed by atoms with Gasteiger partial charge in [-0.1, -0.05) is 18.2 Å². The summed E-state index contributed by atoms with van der Waals surface area (Å²) in [5.74, 6) is -0.250. The van der Waals surface area contributed by atoms with Crippen LogP contribution in [0.4, 0.5) is 5.82 Å². The monoisotopic (exact) mass is 420 g/mol. The molecule has 1 atom stereocenters. The van der Waals surface area contributed by atoms with Gasteiger partial charge in [0, 0.05) is 43.8 Å². The highest BCUT2D eigenvalue weighted by atomic mass is 16.5. The van der Waals surface area contributed by atoms with E-state index in [9.17, 15) is 4.79 Å². The highest BCUT2D eigenvalue weighted by molar-refractivity contribution is 5.96. The number of nitrogens with one attached hydrogen (secondary N) is 1. The smallest absolute Gasteiger partial charge is 0.274 e. The van der Waals surface area contributed by atoms with Gasteiger partial charge in [-0.3, -0.25) is 14.7 Å². The van der Waals surface area contributed by atoms with Crippen molar-refractivity contribution in [2.45, 2.75) is 26.3 Å². The number of nitrogen functional groups attached to an aromatic ring is 1. The molecule has 0 aliphatic carbocycles. The molecule has 1 aliphatic rings. The molecule has 0 unspecified atom stereocenters. The zero-order valence-corrected chi connectivity index (χ0v) is 18.0. The molecule has 3 aromatic rings. The van der Waals surface area contributed by atoms with Crippen LogP contribution in [-0.2, 0) is 11.2 Å². The van der Waals surface area contributed by atoms with Crippen molar-refractivity contribution in [1.82, 2.24) is 25.2 Å². The minimum Gasteiger partial charge on any atom is -0.382 e. The van der Waals surface area contributed by atoms with E-state index in [1.54, 1.807) is 0 Å². The Morgan fingerprint density at radius 1 is 1.26 bits per heavy atom. The van der Waals surface area contributed by atoms with Crippen molar-refractivity contribution in [2.24, 2.45) is 0 Å². The van der Waals surface area contributed by atoms with E-state index in [2.05, 4.69) is 45.3 Å². The minimum atomic E-state index is -0.362. The van der Waals surface area contributed by atoms with Crippen LogP contribution in [0.25, 0.3) is 10.8 Å². The van der Waals surface area contributed by atoms with Crippen LogP contribution in [0.5, 0.6) is 0 Å². The van der Waals surface area contributed by atoms with Gasteiger partial charge in [0.15, 0.2) is 11.5 Å². The molecule has 0 spiro atoms. The second-order valence-electron chi connectivity index (χ2n) is 7.86. The molecule has 1 amide bonds. The van der Waals surface area contributed by atoms with Crippen LogP contribution in [0.1, 0.15) is 40.4 Å². The number of rotatable bonds is 6. The third kappa shape index (κ3) is 4.81. The van der Waals surface area contributed by atoms with Gasteiger partial charge >= 0.3 is 0 Å². The number of carbonyl (C=O) groups is 1. The topological polar surface area (TPSA) is 106 Å². The van der Waals surface area contributed by atoms with Gasteiger partial charge in [0.25, 0.3) is 5.91 Å². The van der Waals surface area contributed by atoms with E-state index in [-0.39, 0.29) is 23.5 Å². The van der Waals surface area contributed by atoms with Crippen LogP contribution in [0.2, 0.25) is 0 Å². The third-order valence-corrected chi connectivity index (χ3v) is 5.66. The summed E-state index contributed by atoms with van der Waals surface area (Å²) >= 11 is 0. The molecular weight excluding hydrogens is 392 g/mol. The molecule has 8 heteroatoms. The molecule has 8 nitrogen and oxygen atoms in total. The first-order valence-corrected chi connectivity index (χ1v) is 10.6. The number of aryl methyl sites for hydroxylation is 1. The van der Waals surface area contributed by atoms with Gasteiger partial charge < -0.3 is 15.8 Å². The highest BCUT2D eigenvalue weighted by Gasteiger charge is 2.19. The number of pyridine rings is 1. The average molecular weight is 421 g/mol. The molecule has 1 aliphatic heterocycles. The van der Waals surface area contributed by atoms with Crippen LogP contribution >= 0.6 is 0 Å². The fraction of sp³-hybridized carbons (Fsp3) is 0.391. The molecule has 0 radical (unpaired) electrons. The van der Waals surface area contributed by atoms with Crippen molar-refractivity contribution < 1.29 is 9.53 Å². The van der Waals surface area contributed by atoms with Crippen molar-refractivity contribution in [3.8, 4) is 0 Å². The van der Waals surface area contributed by atoms with E-state index in [1.807, 2.05) is 13.0 Å². The number of nitrogens with two attached hydrogens (primary N) is 1. The number of aromatic nitrogens is 3. The van der Waals surface area contributed by atoms with Crippen LogP contribution in [0, 0.1) is 6.92 Å². The molecule has 162 valence electrons. The molecular formula is C23H28N6O2. The zero-order chi connectivity index (χ0) is 21.8. The Hall–Kier alpha value is -3.10. The van der Waals surface area contributed by atoms with Gasteiger partial charge in [0.2, 0.25) is 0 Å². The number of carbonyl (C=O) groups excluding carboxylic acids is 1. The Morgan fingerprint density at radius 3 is 2.81 bits per heavy atom. The number of nitrogens with zero attached hydrogens (tertiary/aromatic N) is 4. The standard InChI is InChI=1S/C23H28N6O2/c1-15-4-3-5-17-14-19(16(2)27-23(30)21-22(24)26-8-7-25-21)28-18(20(15)17)6-9-29-10-12-31-13-11-29/h3-5,7-8,14,16H,6,9-13H2,1-2H3,(H2,24,26)(H,27,30)/t16-/m0/s1. The van der Waals surface area contributed by atoms with Crippen molar-refractivity contribution in [2.75, 3.05) is 38.6 Å². The lowest BCUT2D eigenvalue weighted by atomic mass is 10.00. The summed E-state index contributed by atoms with van der Waals surface area (Å²) in [5.41, 5.74) is 8.99. The van der Waals surface area contributed by atoms with Gasteiger partial charge in [-0.05, 0) is 30.9 Å². The second-order valence-corrected chi connectivity index (χ2v) is 7.86. The fourth-order valence-electron chi connectivity index (χ4n) is 3.96. The van der Waals surface area contributed by atoms with Gasteiger partial charge in [0.1, 0.15) is 0 Å². The van der Waals surface area contributed by atoms with Crippen LogP contribution in [0.15, 0.2) is 36.7 Å². The molecule has 2 aromatic heterocycles. The first-order valence-electron chi connectivity index (χ1n) is 10.6. The number of ether oxygens (including phenoxy) is 1.